The van der Waals surface area contributed by atoms with Gasteiger partial charge in [0.2, 0.25) is 5.78 Å². The van der Waals surface area contributed by atoms with Crippen molar-refractivity contribution in [2.45, 2.75) is 13.5 Å². The summed E-state index contributed by atoms with van der Waals surface area (Å²) in [4.78, 5) is 12.7. The standard InChI is InChI=1S/C22H18N2O4/c1-3-24-13-14(18-11-15(26-2)5-7-19(18)24)10-21-22(25)17-6-4-16(27-9-8-23)12-20(17)28-21/h4-7,10-13H,3,9H2,1-2H3/b21-10+. The molecule has 140 valence electrons. The fraction of sp³-hybridized carbons (Fsp3) is 0.182. The van der Waals surface area contributed by atoms with Crippen LogP contribution in [0.3, 0.4) is 0 Å². The van der Waals surface area contributed by atoms with E-state index in [1.54, 1.807) is 31.4 Å². The van der Waals surface area contributed by atoms with Crippen LogP contribution in [-0.4, -0.2) is 24.1 Å². The summed E-state index contributed by atoms with van der Waals surface area (Å²) in [5, 5.41) is 9.62. The summed E-state index contributed by atoms with van der Waals surface area (Å²) in [5.74, 6) is 1.75. The van der Waals surface area contributed by atoms with Crippen LogP contribution in [-0.2, 0) is 6.54 Å². The summed E-state index contributed by atoms with van der Waals surface area (Å²) in [6.45, 7) is 2.81. The molecule has 0 saturated heterocycles. The summed E-state index contributed by atoms with van der Waals surface area (Å²) in [6.07, 6.45) is 3.75. The van der Waals surface area contributed by atoms with E-state index in [1.165, 1.54) is 0 Å². The Kier molecular flexibility index (Phi) is 4.50. The minimum atomic E-state index is -0.179. The minimum Gasteiger partial charge on any atom is -0.497 e. The number of carbonyl (C=O) groups excluding carboxylic acids is 1. The van der Waals surface area contributed by atoms with Crippen LogP contribution in [0.2, 0.25) is 0 Å². The van der Waals surface area contributed by atoms with Gasteiger partial charge in [0.1, 0.15) is 23.3 Å². The summed E-state index contributed by atoms with van der Waals surface area (Å²) < 4.78 is 18.5. The molecule has 1 aliphatic heterocycles. The average Bonchev–Trinajstić information content (AvgIpc) is 3.23. The second-order valence-electron chi connectivity index (χ2n) is 6.30. The van der Waals surface area contributed by atoms with Gasteiger partial charge in [-0.2, -0.15) is 5.26 Å². The fourth-order valence-electron chi connectivity index (χ4n) is 3.32. The number of ether oxygens (including phenoxy) is 3. The average molecular weight is 374 g/mol. The van der Waals surface area contributed by atoms with Crippen LogP contribution < -0.4 is 14.2 Å². The van der Waals surface area contributed by atoms with E-state index >= 15 is 0 Å². The van der Waals surface area contributed by atoms with Crippen molar-refractivity contribution in [3.63, 3.8) is 0 Å². The number of allylic oxidation sites excluding steroid dienone is 1. The highest BCUT2D eigenvalue weighted by atomic mass is 16.5. The number of benzene rings is 2. The lowest BCUT2D eigenvalue weighted by Crippen LogP contribution is -1.98. The lowest BCUT2D eigenvalue weighted by atomic mass is 10.1. The van der Waals surface area contributed by atoms with Crippen molar-refractivity contribution in [2.75, 3.05) is 13.7 Å². The molecule has 0 unspecified atom stereocenters. The summed E-state index contributed by atoms with van der Waals surface area (Å²) >= 11 is 0. The maximum atomic E-state index is 12.7. The van der Waals surface area contributed by atoms with Crippen molar-refractivity contribution < 1.29 is 19.0 Å². The highest BCUT2D eigenvalue weighted by Gasteiger charge is 2.28. The molecular formula is C22H18N2O4. The second kappa shape index (κ2) is 7.12. The van der Waals surface area contributed by atoms with Crippen LogP contribution in [0.25, 0.3) is 17.0 Å². The smallest absolute Gasteiger partial charge is 0.231 e. The summed E-state index contributed by atoms with van der Waals surface area (Å²) in [5.41, 5.74) is 2.42. The highest BCUT2D eigenvalue weighted by Crippen LogP contribution is 2.36. The number of fused-ring (bicyclic) bond motifs is 2. The summed E-state index contributed by atoms with van der Waals surface area (Å²) in [7, 11) is 1.63. The van der Waals surface area contributed by atoms with Crippen molar-refractivity contribution in [1.82, 2.24) is 4.57 Å². The minimum absolute atomic E-state index is 0.0617. The molecule has 6 heteroatoms. The van der Waals surface area contributed by atoms with Gasteiger partial charge in [-0.05, 0) is 43.3 Å². The normalized spacial score (nSPS) is 14.0. The molecule has 0 aliphatic carbocycles. The second-order valence-corrected chi connectivity index (χ2v) is 6.30. The number of carbonyl (C=O) groups is 1. The largest absolute Gasteiger partial charge is 0.497 e. The van der Waals surface area contributed by atoms with E-state index in [2.05, 4.69) is 11.5 Å². The third kappa shape index (κ3) is 2.97. The van der Waals surface area contributed by atoms with Crippen molar-refractivity contribution in [1.29, 1.82) is 5.26 Å². The number of rotatable bonds is 5. The molecule has 0 spiro atoms. The fourth-order valence-corrected chi connectivity index (χ4v) is 3.32. The Hall–Kier alpha value is -3.72. The van der Waals surface area contributed by atoms with Gasteiger partial charge in [0.05, 0.1) is 12.7 Å². The molecule has 1 aliphatic rings. The molecule has 4 rings (SSSR count). The molecule has 2 heterocycles. The molecule has 0 fully saturated rings. The van der Waals surface area contributed by atoms with Gasteiger partial charge in [0.15, 0.2) is 12.4 Å². The van der Waals surface area contributed by atoms with Gasteiger partial charge in [-0.3, -0.25) is 4.79 Å². The number of hydrogen-bond acceptors (Lipinski definition) is 5. The van der Waals surface area contributed by atoms with Crippen molar-refractivity contribution in [2.24, 2.45) is 0 Å². The van der Waals surface area contributed by atoms with Crippen LogP contribution in [0.15, 0.2) is 48.4 Å². The van der Waals surface area contributed by atoms with E-state index in [0.29, 0.717) is 17.1 Å². The maximum Gasteiger partial charge on any atom is 0.231 e. The Labute approximate surface area is 162 Å². The molecule has 6 nitrogen and oxygen atoms in total. The van der Waals surface area contributed by atoms with Crippen LogP contribution in [0.5, 0.6) is 17.2 Å². The first-order valence-electron chi connectivity index (χ1n) is 8.89. The molecule has 0 radical (unpaired) electrons. The third-order valence-corrected chi connectivity index (χ3v) is 4.69. The topological polar surface area (TPSA) is 73.5 Å². The first-order valence-corrected chi connectivity index (χ1v) is 8.89. The molecule has 0 atom stereocenters. The quantitative estimate of drug-likeness (QED) is 0.626. The highest BCUT2D eigenvalue weighted by molar-refractivity contribution is 6.15. The lowest BCUT2D eigenvalue weighted by molar-refractivity contribution is 0.101. The number of methoxy groups -OCH3 is 1. The predicted octanol–water partition coefficient (Wildman–Crippen LogP) is 4.19. The number of aromatic nitrogens is 1. The SMILES string of the molecule is CCn1cc(/C=C2/Oc3cc(OCC#N)ccc3C2=O)c2cc(OC)ccc21. The lowest BCUT2D eigenvalue weighted by Gasteiger charge is -2.03. The zero-order chi connectivity index (χ0) is 19.7. The number of aryl methyl sites for hydroxylation is 1. The number of ketones is 1. The van der Waals surface area contributed by atoms with E-state index < -0.39 is 0 Å². The molecule has 0 bridgehead atoms. The van der Waals surface area contributed by atoms with E-state index in [1.807, 2.05) is 30.5 Å². The Balaban J connectivity index is 1.73. The van der Waals surface area contributed by atoms with Gasteiger partial charge < -0.3 is 18.8 Å². The van der Waals surface area contributed by atoms with Gasteiger partial charge in [0, 0.05) is 35.3 Å². The molecule has 1 aromatic heterocycles. The van der Waals surface area contributed by atoms with Gasteiger partial charge in [-0.15, -0.1) is 0 Å². The first-order chi connectivity index (χ1) is 13.6. The Morgan fingerprint density at radius 2 is 2.04 bits per heavy atom. The van der Waals surface area contributed by atoms with Crippen LogP contribution in [0, 0.1) is 11.3 Å². The molecule has 0 N–H and O–H groups in total. The Bertz CT molecular complexity index is 1150. The zero-order valence-electron chi connectivity index (χ0n) is 15.6. The Morgan fingerprint density at radius 3 is 2.79 bits per heavy atom. The van der Waals surface area contributed by atoms with Crippen molar-refractivity contribution >= 4 is 22.8 Å². The van der Waals surface area contributed by atoms with E-state index in [4.69, 9.17) is 19.5 Å². The molecular weight excluding hydrogens is 356 g/mol. The molecule has 0 saturated carbocycles. The van der Waals surface area contributed by atoms with Gasteiger partial charge in [0.25, 0.3) is 0 Å². The third-order valence-electron chi connectivity index (χ3n) is 4.69. The molecule has 3 aromatic rings. The number of Topliss-reactive ketones (excluding diaryl/α,β-unsaturated/α-hetero) is 1. The van der Waals surface area contributed by atoms with Gasteiger partial charge in [-0.1, -0.05) is 0 Å². The van der Waals surface area contributed by atoms with Crippen LogP contribution >= 0.6 is 0 Å². The number of nitriles is 1. The monoisotopic (exact) mass is 374 g/mol. The molecule has 0 amide bonds. The number of hydrogen-bond donors (Lipinski definition) is 0. The van der Waals surface area contributed by atoms with Crippen LogP contribution in [0.1, 0.15) is 22.8 Å². The predicted molar refractivity (Wildman–Crippen MR) is 105 cm³/mol. The van der Waals surface area contributed by atoms with Crippen molar-refractivity contribution in [3.8, 4) is 23.3 Å². The molecule has 2 aromatic carbocycles. The zero-order valence-corrected chi connectivity index (χ0v) is 15.6. The summed E-state index contributed by atoms with van der Waals surface area (Å²) in [6, 6.07) is 12.7. The maximum absolute atomic E-state index is 12.7. The van der Waals surface area contributed by atoms with Crippen molar-refractivity contribution in [3.05, 3.63) is 59.5 Å². The van der Waals surface area contributed by atoms with Gasteiger partial charge in [-0.25, -0.2) is 0 Å². The molecule has 28 heavy (non-hydrogen) atoms. The first kappa shape index (κ1) is 17.7. The van der Waals surface area contributed by atoms with E-state index in [0.717, 1.165) is 28.8 Å². The number of nitrogens with zero attached hydrogens (tertiary/aromatic N) is 2. The van der Waals surface area contributed by atoms with Gasteiger partial charge >= 0.3 is 0 Å². The van der Waals surface area contributed by atoms with Crippen LogP contribution in [0.4, 0.5) is 0 Å². The van der Waals surface area contributed by atoms with E-state index in [9.17, 15) is 4.79 Å². The Morgan fingerprint density at radius 1 is 1.21 bits per heavy atom. The van der Waals surface area contributed by atoms with E-state index in [-0.39, 0.29) is 18.1 Å².